The van der Waals surface area contributed by atoms with Gasteiger partial charge in [-0.1, -0.05) is 30.3 Å². The van der Waals surface area contributed by atoms with E-state index in [0.29, 0.717) is 18.1 Å². The third-order valence-electron chi connectivity index (χ3n) is 3.08. The number of hydrogen-bond donors (Lipinski definition) is 2. The van der Waals surface area contributed by atoms with Crippen LogP contribution in [0.25, 0.3) is 0 Å². The molecule has 21 heavy (non-hydrogen) atoms. The van der Waals surface area contributed by atoms with Gasteiger partial charge in [-0.25, -0.2) is 4.79 Å². The Morgan fingerprint density at radius 3 is 2.52 bits per heavy atom. The number of imide groups is 1. The Balaban J connectivity index is 1.64. The second-order valence-corrected chi connectivity index (χ2v) is 4.59. The fourth-order valence-corrected chi connectivity index (χ4v) is 2.01. The summed E-state index contributed by atoms with van der Waals surface area (Å²) in [5.74, 6) is 0.206. The number of urea groups is 1. The molecule has 0 saturated carbocycles. The zero-order valence-corrected chi connectivity index (χ0v) is 11.1. The molecule has 0 spiro atoms. The molecule has 1 atom stereocenters. The molecule has 1 aliphatic rings. The van der Waals surface area contributed by atoms with Crippen LogP contribution < -0.4 is 15.4 Å². The number of carbonyl (C=O) groups is 2. The van der Waals surface area contributed by atoms with E-state index in [9.17, 15) is 9.59 Å². The SMILES string of the molecule is O=C1NC(=O)C(c2ccc(OCc3ccccc3)cn2)N1. The number of aromatic nitrogens is 1. The number of benzene rings is 1. The van der Waals surface area contributed by atoms with Crippen molar-refractivity contribution in [3.05, 3.63) is 59.9 Å². The first-order chi connectivity index (χ1) is 10.2. The van der Waals surface area contributed by atoms with Crippen molar-refractivity contribution < 1.29 is 14.3 Å². The Kier molecular flexibility index (Phi) is 3.51. The monoisotopic (exact) mass is 283 g/mol. The summed E-state index contributed by atoms with van der Waals surface area (Å²) in [6.07, 6.45) is 1.54. The van der Waals surface area contributed by atoms with Crippen molar-refractivity contribution in [1.82, 2.24) is 15.6 Å². The van der Waals surface area contributed by atoms with E-state index in [-0.39, 0.29) is 0 Å². The molecular weight excluding hydrogens is 270 g/mol. The van der Waals surface area contributed by atoms with Gasteiger partial charge in [0.2, 0.25) is 0 Å². The van der Waals surface area contributed by atoms with Crippen LogP contribution in [0.2, 0.25) is 0 Å². The van der Waals surface area contributed by atoms with Gasteiger partial charge in [0.25, 0.3) is 5.91 Å². The van der Waals surface area contributed by atoms with Crippen molar-refractivity contribution in [3.8, 4) is 5.75 Å². The highest BCUT2D eigenvalue weighted by Crippen LogP contribution is 2.18. The summed E-state index contributed by atoms with van der Waals surface area (Å²) in [6, 6.07) is 11.9. The van der Waals surface area contributed by atoms with Crippen molar-refractivity contribution >= 4 is 11.9 Å². The number of nitrogens with one attached hydrogen (secondary N) is 2. The molecule has 0 bridgehead atoms. The molecule has 3 rings (SSSR count). The van der Waals surface area contributed by atoms with E-state index in [1.807, 2.05) is 30.3 Å². The quantitative estimate of drug-likeness (QED) is 0.834. The van der Waals surface area contributed by atoms with E-state index in [2.05, 4.69) is 15.6 Å². The maximum absolute atomic E-state index is 11.5. The third kappa shape index (κ3) is 3.00. The number of hydrogen-bond acceptors (Lipinski definition) is 4. The van der Waals surface area contributed by atoms with Crippen LogP contribution in [0.5, 0.6) is 5.75 Å². The molecule has 1 aromatic carbocycles. The molecule has 3 amide bonds. The van der Waals surface area contributed by atoms with Crippen LogP contribution in [0.1, 0.15) is 17.3 Å². The van der Waals surface area contributed by atoms with Gasteiger partial charge in [-0.15, -0.1) is 0 Å². The van der Waals surface area contributed by atoms with Gasteiger partial charge in [0.05, 0.1) is 11.9 Å². The second kappa shape index (κ2) is 5.62. The predicted octanol–water partition coefficient (Wildman–Crippen LogP) is 1.54. The molecule has 1 fully saturated rings. The normalized spacial score (nSPS) is 17.2. The van der Waals surface area contributed by atoms with Gasteiger partial charge in [-0.05, 0) is 17.7 Å². The van der Waals surface area contributed by atoms with E-state index in [1.54, 1.807) is 12.1 Å². The van der Waals surface area contributed by atoms with Gasteiger partial charge < -0.3 is 10.1 Å². The minimum absolute atomic E-state index is 0.398. The molecule has 2 aromatic rings. The summed E-state index contributed by atoms with van der Waals surface area (Å²) < 4.78 is 5.61. The smallest absolute Gasteiger partial charge is 0.322 e. The van der Waals surface area contributed by atoms with E-state index in [0.717, 1.165) is 5.56 Å². The maximum Gasteiger partial charge on any atom is 0.322 e. The zero-order chi connectivity index (χ0) is 14.7. The van der Waals surface area contributed by atoms with Crippen LogP contribution in [0.15, 0.2) is 48.7 Å². The summed E-state index contributed by atoms with van der Waals surface area (Å²) in [5, 5.41) is 4.66. The Morgan fingerprint density at radius 1 is 1.10 bits per heavy atom. The number of pyridine rings is 1. The lowest BCUT2D eigenvalue weighted by Crippen LogP contribution is -2.22. The Hall–Kier alpha value is -2.89. The third-order valence-corrected chi connectivity index (χ3v) is 3.08. The van der Waals surface area contributed by atoms with E-state index in [4.69, 9.17) is 4.74 Å². The molecule has 0 radical (unpaired) electrons. The molecule has 2 N–H and O–H groups in total. The van der Waals surface area contributed by atoms with Gasteiger partial charge in [0, 0.05) is 0 Å². The molecule has 1 unspecified atom stereocenters. The predicted molar refractivity (Wildman–Crippen MR) is 74.4 cm³/mol. The Morgan fingerprint density at radius 2 is 1.90 bits per heavy atom. The minimum atomic E-state index is -0.735. The highest BCUT2D eigenvalue weighted by molar-refractivity contribution is 6.04. The molecule has 2 heterocycles. The lowest BCUT2D eigenvalue weighted by atomic mass is 10.2. The fraction of sp³-hybridized carbons (Fsp3) is 0.133. The first kappa shape index (κ1) is 13.1. The van der Waals surface area contributed by atoms with Crippen LogP contribution >= 0.6 is 0 Å². The first-order valence-corrected chi connectivity index (χ1v) is 6.46. The van der Waals surface area contributed by atoms with Crippen LogP contribution in [-0.4, -0.2) is 16.9 Å². The first-order valence-electron chi connectivity index (χ1n) is 6.46. The number of carbonyl (C=O) groups excluding carboxylic acids is 2. The van der Waals surface area contributed by atoms with Crippen LogP contribution in [-0.2, 0) is 11.4 Å². The summed E-state index contributed by atoms with van der Waals surface area (Å²) in [4.78, 5) is 26.7. The van der Waals surface area contributed by atoms with Crippen molar-refractivity contribution in [1.29, 1.82) is 0 Å². The highest BCUT2D eigenvalue weighted by Gasteiger charge is 2.31. The topological polar surface area (TPSA) is 80.3 Å². The average Bonchev–Trinajstić information content (AvgIpc) is 2.85. The molecule has 0 aliphatic carbocycles. The van der Waals surface area contributed by atoms with Crippen LogP contribution in [0.4, 0.5) is 4.79 Å². The summed E-state index contributed by atoms with van der Waals surface area (Å²) in [5.41, 5.74) is 1.54. The summed E-state index contributed by atoms with van der Waals surface area (Å²) in [6.45, 7) is 0.447. The summed E-state index contributed by atoms with van der Waals surface area (Å²) >= 11 is 0. The zero-order valence-electron chi connectivity index (χ0n) is 11.1. The standard InChI is InChI=1S/C15H13N3O3/c19-14-13(17-15(20)18-14)12-7-6-11(8-16-12)21-9-10-4-2-1-3-5-10/h1-8,13H,9H2,(H2,17,18,19,20). The van der Waals surface area contributed by atoms with Gasteiger partial charge in [0.1, 0.15) is 12.4 Å². The highest BCUT2D eigenvalue weighted by atomic mass is 16.5. The van der Waals surface area contributed by atoms with Crippen molar-refractivity contribution in [2.75, 3.05) is 0 Å². The molecular formula is C15H13N3O3. The summed E-state index contributed by atoms with van der Waals surface area (Å²) in [7, 11) is 0. The largest absolute Gasteiger partial charge is 0.487 e. The molecule has 6 nitrogen and oxygen atoms in total. The van der Waals surface area contributed by atoms with Crippen molar-refractivity contribution in [3.63, 3.8) is 0 Å². The number of nitrogens with zero attached hydrogens (tertiary/aromatic N) is 1. The van der Waals surface area contributed by atoms with Gasteiger partial charge >= 0.3 is 6.03 Å². The van der Waals surface area contributed by atoms with Gasteiger partial charge in [-0.3, -0.25) is 15.1 Å². The fourth-order valence-electron chi connectivity index (χ4n) is 2.01. The Labute approximate surface area is 121 Å². The molecule has 1 aromatic heterocycles. The molecule has 6 heteroatoms. The number of rotatable bonds is 4. The van der Waals surface area contributed by atoms with Crippen LogP contribution in [0.3, 0.4) is 0 Å². The maximum atomic E-state index is 11.5. The van der Waals surface area contributed by atoms with Crippen LogP contribution in [0, 0.1) is 0 Å². The van der Waals surface area contributed by atoms with Crippen molar-refractivity contribution in [2.45, 2.75) is 12.6 Å². The number of ether oxygens (including phenoxy) is 1. The lowest BCUT2D eigenvalue weighted by molar-refractivity contribution is -0.120. The Bertz CT molecular complexity index is 656. The molecule has 1 saturated heterocycles. The second-order valence-electron chi connectivity index (χ2n) is 4.59. The minimum Gasteiger partial charge on any atom is -0.487 e. The van der Waals surface area contributed by atoms with Gasteiger partial charge in [-0.2, -0.15) is 0 Å². The van der Waals surface area contributed by atoms with Gasteiger partial charge in [0.15, 0.2) is 6.04 Å². The van der Waals surface area contributed by atoms with E-state index in [1.165, 1.54) is 6.20 Å². The van der Waals surface area contributed by atoms with E-state index < -0.39 is 18.0 Å². The molecule has 1 aliphatic heterocycles. The van der Waals surface area contributed by atoms with Crippen molar-refractivity contribution in [2.24, 2.45) is 0 Å². The average molecular weight is 283 g/mol. The lowest BCUT2D eigenvalue weighted by Gasteiger charge is -2.09. The molecule has 106 valence electrons. The van der Waals surface area contributed by atoms with E-state index >= 15 is 0 Å². The number of amides is 3.